The van der Waals surface area contributed by atoms with Crippen LogP contribution >= 0.6 is 0 Å². The van der Waals surface area contributed by atoms with E-state index in [4.69, 9.17) is 4.42 Å². The van der Waals surface area contributed by atoms with Crippen molar-refractivity contribution in [2.45, 2.75) is 13.0 Å². The molecule has 0 saturated heterocycles. The molecule has 4 heteroatoms. The van der Waals surface area contributed by atoms with Gasteiger partial charge in [-0.3, -0.25) is 0 Å². The van der Waals surface area contributed by atoms with Crippen LogP contribution in [0.4, 0.5) is 0 Å². The summed E-state index contributed by atoms with van der Waals surface area (Å²) in [5.41, 5.74) is 3.27. The number of aromatic nitrogens is 3. The second kappa shape index (κ2) is 5.15. The minimum absolute atomic E-state index is 0.0667. The molecule has 108 valence electrons. The number of hydrogen-bond acceptors (Lipinski definition) is 3. The molecule has 0 spiro atoms. The first-order valence-corrected chi connectivity index (χ1v) is 7.20. The standard InChI is InChI=1S/C18H15N3O/c1-13-6-8-14(9-7-13)18(21-11-19-20-12-21)17-10-15-4-2-3-5-16(15)22-17/h2-12,18H,1H3. The maximum Gasteiger partial charge on any atom is 0.134 e. The maximum atomic E-state index is 6.06. The molecule has 2 heterocycles. The normalized spacial score (nSPS) is 12.6. The van der Waals surface area contributed by atoms with Crippen molar-refractivity contribution in [1.82, 2.24) is 14.8 Å². The molecular formula is C18H15N3O. The second-order valence-corrected chi connectivity index (χ2v) is 5.41. The molecule has 1 atom stereocenters. The van der Waals surface area contributed by atoms with E-state index in [1.807, 2.05) is 22.8 Å². The number of para-hydroxylation sites is 1. The largest absolute Gasteiger partial charge is 0.458 e. The molecule has 4 nitrogen and oxygen atoms in total. The van der Waals surface area contributed by atoms with Crippen LogP contribution in [0.1, 0.15) is 22.9 Å². The van der Waals surface area contributed by atoms with Crippen molar-refractivity contribution in [2.24, 2.45) is 0 Å². The summed E-state index contributed by atoms with van der Waals surface area (Å²) in [6, 6.07) is 18.5. The monoisotopic (exact) mass is 289 g/mol. The van der Waals surface area contributed by atoms with E-state index in [0.29, 0.717) is 0 Å². The van der Waals surface area contributed by atoms with Gasteiger partial charge in [-0.1, -0.05) is 48.0 Å². The summed E-state index contributed by atoms with van der Waals surface area (Å²) >= 11 is 0. The van der Waals surface area contributed by atoms with Crippen molar-refractivity contribution < 1.29 is 4.42 Å². The van der Waals surface area contributed by atoms with E-state index >= 15 is 0 Å². The van der Waals surface area contributed by atoms with Gasteiger partial charge in [-0.2, -0.15) is 0 Å². The molecular weight excluding hydrogens is 274 g/mol. The third-order valence-electron chi connectivity index (χ3n) is 3.84. The third-order valence-corrected chi connectivity index (χ3v) is 3.84. The van der Waals surface area contributed by atoms with E-state index in [2.05, 4.69) is 53.5 Å². The van der Waals surface area contributed by atoms with Gasteiger partial charge in [0, 0.05) is 5.39 Å². The Bertz CT molecular complexity index is 859. The molecule has 22 heavy (non-hydrogen) atoms. The third kappa shape index (κ3) is 2.19. The molecule has 0 amide bonds. The summed E-state index contributed by atoms with van der Waals surface area (Å²) in [6.07, 6.45) is 3.44. The lowest BCUT2D eigenvalue weighted by molar-refractivity contribution is 0.487. The Morgan fingerprint density at radius 1 is 0.955 bits per heavy atom. The molecule has 0 saturated carbocycles. The average molecular weight is 289 g/mol. The lowest BCUT2D eigenvalue weighted by atomic mass is 10.0. The van der Waals surface area contributed by atoms with Crippen LogP contribution in [0.25, 0.3) is 11.0 Å². The number of fused-ring (bicyclic) bond motifs is 1. The highest BCUT2D eigenvalue weighted by Crippen LogP contribution is 2.31. The second-order valence-electron chi connectivity index (χ2n) is 5.41. The predicted molar refractivity (Wildman–Crippen MR) is 84.7 cm³/mol. The fourth-order valence-electron chi connectivity index (χ4n) is 2.71. The summed E-state index contributed by atoms with van der Waals surface area (Å²) in [4.78, 5) is 0. The summed E-state index contributed by atoms with van der Waals surface area (Å²) < 4.78 is 8.02. The number of nitrogens with zero attached hydrogens (tertiary/aromatic N) is 3. The SMILES string of the molecule is Cc1ccc(C(c2cc3ccccc3o2)n2cnnc2)cc1. The Morgan fingerprint density at radius 2 is 1.68 bits per heavy atom. The topological polar surface area (TPSA) is 43.9 Å². The minimum Gasteiger partial charge on any atom is -0.458 e. The number of aryl methyl sites for hydroxylation is 1. The summed E-state index contributed by atoms with van der Waals surface area (Å²) in [7, 11) is 0. The van der Waals surface area contributed by atoms with Gasteiger partial charge in [0.15, 0.2) is 0 Å². The highest BCUT2D eigenvalue weighted by molar-refractivity contribution is 5.78. The highest BCUT2D eigenvalue weighted by Gasteiger charge is 2.20. The van der Waals surface area contributed by atoms with E-state index in [1.165, 1.54) is 5.56 Å². The Morgan fingerprint density at radius 3 is 2.41 bits per heavy atom. The van der Waals surface area contributed by atoms with Crippen LogP contribution < -0.4 is 0 Å². The van der Waals surface area contributed by atoms with Crippen molar-refractivity contribution in [1.29, 1.82) is 0 Å². The van der Waals surface area contributed by atoms with Gasteiger partial charge in [0.1, 0.15) is 30.0 Å². The maximum absolute atomic E-state index is 6.06. The Kier molecular flexibility index (Phi) is 3.00. The molecule has 0 aliphatic rings. The van der Waals surface area contributed by atoms with E-state index < -0.39 is 0 Å². The first-order chi connectivity index (χ1) is 10.8. The molecule has 0 N–H and O–H groups in total. The molecule has 0 aliphatic heterocycles. The fourth-order valence-corrected chi connectivity index (χ4v) is 2.71. The zero-order chi connectivity index (χ0) is 14.9. The van der Waals surface area contributed by atoms with Crippen LogP contribution in [0, 0.1) is 6.92 Å². The molecule has 2 aromatic carbocycles. The highest BCUT2D eigenvalue weighted by atomic mass is 16.3. The van der Waals surface area contributed by atoms with Crippen LogP contribution in [0.15, 0.2) is 71.7 Å². The Balaban J connectivity index is 1.88. The number of furan rings is 1. The lowest BCUT2D eigenvalue weighted by Crippen LogP contribution is -2.09. The molecule has 0 radical (unpaired) electrons. The molecule has 2 aromatic heterocycles. The van der Waals surface area contributed by atoms with Crippen molar-refractivity contribution in [2.75, 3.05) is 0 Å². The van der Waals surface area contributed by atoms with Gasteiger partial charge in [0.25, 0.3) is 0 Å². The van der Waals surface area contributed by atoms with E-state index in [9.17, 15) is 0 Å². The van der Waals surface area contributed by atoms with Crippen molar-refractivity contribution in [3.63, 3.8) is 0 Å². The summed E-state index contributed by atoms with van der Waals surface area (Å²) in [5, 5.41) is 8.97. The molecule has 4 rings (SSSR count). The smallest absolute Gasteiger partial charge is 0.134 e. The van der Waals surface area contributed by atoms with Gasteiger partial charge in [-0.05, 0) is 24.6 Å². The van der Waals surface area contributed by atoms with Gasteiger partial charge in [0.2, 0.25) is 0 Å². The van der Waals surface area contributed by atoms with Gasteiger partial charge in [-0.25, -0.2) is 0 Å². The predicted octanol–water partition coefficient (Wildman–Crippen LogP) is 3.97. The van der Waals surface area contributed by atoms with Gasteiger partial charge >= 0.3 is 0 Å². The zero-order valence-electron chi connectivity index (χ0n) is 12.2. The van der Waals surface area contributed by atoms with E-state index in [0.717, 1.165) is 22.3 Å². The van der Waals surface area contributed by atoms with Crippen molar-refractivity contribution >= 4 is 11.0 Å². The van der Waals surface area contributed by atoms with E-state index in [-0.39, 0.29) is 6.04 Å². The quantitative estimate of drug-likeness (QED) is 0.573. The van der Waals surface area contributed by atoms with Crippen LogP contribution in [-0.2, 0) is 0 Å². The summed E-state index contributed by atoms with van der Waals surface area (Å²) in [6.45, 7) is 2.08. The van der Waals surface area contributed by atoms with Gasteiger partial charge in [-0.15, -0.1) is 10.2 Å². The van der Waals surface area contributed by atoms with Crippen LogP contribution in [0.3, 0.4) is 0 Å². The molecule has 0 aliphatic carbocycles. The van der Waals surface area contributed by atoms with Crippen LogP contribution in [0.2, 0.25) is 0 Å². The van der Waals surface area contributed by atoms with Crippen LogP contribution in [0.5, 0.6) is 0 Å². The van der Waals surface area contributed by atoms with Gasteiger partial charge < -0.3 is 8.98 Å². The van der Waals surface area contributed by atoms with Gasteiger partial charge in [0.05, 0.1) is 0 Å². The van der Waals surface area contributed by atoms with Crippen LogP contribution in [-0.4, -0.2) is 14.8 Å². The zero-order valence-corrected chi connectivity index (χ0v) is 12.2. The lowest BCUT2D eigenvalue weighted by Gasteiger charge is -2.16. The fraction of sp³-hybridized carbons (Fsp3) is 0.111. The number of rotatable bonds is 3. The molecule has 1 unspecified atom stereocenters. The number of hydrogen-bond donors (Lipinski definition) is 0. The average Bonchev–Trinajstić information content (AvgIpc) is 3.19. The molecule has 0 bridgehead atoms. The van der Waals surface area contributed by atoms with Crippen molar-refractivity contribution in [3.8, 4) is 0 Å². The molecule has 4 aromatic rings. The summed E-state index contributed by atoms with van der Waals surface area (Å²) in [5.74, 6) is 0.879. The molecule has 0 fully saturated rings. The Labute approximate surface area is 128 Å². The number of benzene rings is 2. The first kappa shape index (κ1) is 12.8. The minimum atomic E-state index is -0.0667. The van der Waals surface area contributed by atoms with E-state index in [1.54, 1.807) is 12.7 Å². The van der Waals surface area contributed by atoms with Crippen molar-refractivity contribution in [3.05, 3.63) is 84.1 Å². The Hall–Kier alpha value is -2.88. The first-order valence-electron chi connectivity index (χ1n) is 7.20.